The molecular weight excluding hydrogens is 412 g/mol. The van der Waals surface area contributed by atoms with Crippen molar-refractivity contribution in [2.45, 2.75) is 13.0 Å². The first-order chi connectivity index (χ1) is 14.0. The van der Waals surface area contributed by atoms with E-state index in [0.717, 1.165) is 5.82 Å². The molecule has 3 heterocycles. The Morgan fingerprint density at radius 1 is 1.37 bits per heavy atom. The lowest BCUT2D eigenvalue weighted by Crippen LogP contribution is -2.49. The van der Waals surface area contributed by atoms with Gasteiger partial charge in [0.1, 0.15) is 11.9 Å². The van der Waals surface area contributed by atoms with Gasteiger partial charge in [-0.3, -0.25) is 14.9 Å². The fourth-order valence-corrected chi connectivity index (χ4v) is 3.52. The van der Waals surface area contributed by atoms with E-state index in [-0.39, 0.29) is 35.7 Å². The smallest absolute Gasteiger partial charge is 0.277 e. The lowest BCUT2D eigenvalue weighted by atomic mass is 10.1. The van der Waals surface area contributed by atoms with E-state index in [0.29, 0.717) is 31.0 Å². The van der Waals surface area contributed by atoms with Crippen LogP contribution in [0.5, 0.6) is 0 Å². The molecule has 2 aromatic heterocycles. The minimum absolute atomic E-state index is 0. The second-order valence-corrected chi connectivity index (χ2v) is 6.83. The van der Waals surface area contributed by atoms with Gasteiger partial charge in [0.05, 0.1) is 16.3 Å². The molecule has 30 heavy (non-hydrogen) atoms. The molecule has 1 atom stereocenters. The molecule has 1 N–H and O–H groups in total. The van der Waals surface area contributed by atoms with Gasteiger partial charge < -0.3 is 14.8 Å². The predicted molar refractivity (Wildman–Crippen MR) is 110 cm³/mol. The number of carbonyl (C=O) groups excluding carboxylic acids is 1. The average molecular weight is 433 g/mol. The van der Waals surface area contributed by atoms with E-state index in [2.05, 4.69) is 20.6 Å². The van der Waals surface area contributed by atoms with Crippen LogP contribution >= 0.6 is 12.4 Å². The van der Waals surface area contributed by atoms with Gasteiger partial charge in [-0.15, -0.1) is 17.5 Å². The Bertz CT molecular complexity index is 1080. The van der Waals surface area contributed by atoms with Crippen molar-refractivity contribution in [2.75, 3.05) is 19.6 Å². The maximum Gasteiger partial charge on any atom is 0.277 e. The molecule has 12 heteroatoms. The number of imidazole rings is 1. The van der Waals surface area contributed by atoms with Gasteiger partial charge in [-0.1, -0.05) is 11.3 Å². The summed E-state index contributed by atoms with van der Waals surface area (Å²) in [5.41, 5.74) is 1.16. The summed E-state index contributed by atoms with van der Waals surface area (Å²) in [7, 11) is 1.89. The molecule has 158 valence electrons. The van der Waals surface area contributed by atoms with Gasteiger partial charge in [0.2, 0.25) is 0 Å². The number of non-ortho nitro benzene ring substituents is 1. The molecule has 1 fully saturated rings. The normalized spacial score (nSPS) is 16.2. The Kier molecular flexibility index (Phi) is 6.13. The van der Waals surface area contributed by atoms with Crippen molar-refractivity contribution in [3.63, 3.8) is 0 Å². The number of nitrogens with zero attached hydrogens (tertiary/aromatic N) is 7. The summed E-state index contributed by atoms with van der Waals surface area (Å²) in [6.45, 7) is 3.50. The number of nitrogens with one attached hydrogen (secondary N) is 1. The van der Waals surface area contributed by atoms with Gasteiger partial charge in [-0.25, -0.2) is 9.67 Å². The van der Waals surface area contributed by atoms with Crippen LogP contribution in [-0.2, 0) is 7.05 Å². The molecular formula is C18H21ClN8O3. The van der Waals surface area contributed by atoms with Crippen LogP contribution in [0.1, 0.15) is 28.0 Å². The minimum atomic E-state index is -0.472. The molecule has 1 aliphatic heterocycles. The molecule has 1 amide bonds. The first-order valence-corrected chi connectivity index (χ1v) is 9.13. The van der Waals surface area contributed by atoms with Crippen molar-refractivity contribution >= 4 is 24.0 Å². The van der Waals surface area contributed by atoms with E-state index >= 15 is 0 Å². The molecule has 1 aromatic carbocycles. The van der Waals surface area contributed by atoms with E-state index in [1.807, 2.05) is 17.8 Å². The summed E-state index contributed by atoms with van der Waals surface area (Å²) in [6.07, 6.45) is 3.55. The molecule has 0 spiro atoms. The SMILES string of the molecule is Cc1c(C(=O)N2CCNCC2c2nccn2C)nnn1-c1cccc([N+](=O)[O-])c1.Cl. The van der Waals surface area contributed by atoms with E-state index in [1.165, 1.54) is 16.8 Å². The Balaban J connectivity index is 0.00000256. The van der Waals surface area contributed by atoms with Crippen LogP contribution < -0.4 is 5.32 Å². The Morgan fingerprint density at radius 3 is 2.87 bits per heavy atom. The number of aromatic nitrogens is 5. The number of hydrogen-bond acceptors (Lipinski definition) is 7. The summed E-state index contributed by atoms with van der Waals surface area (Å²) in [4.78, 5) is 30.0. The molecule has 11 nitrogen and oxygen atoms in total. The number of hydrogen-bond donors (Lipinski definition) is 1. The number of nitro benzene ring substituents is 1. The van der Waals surface area contributed by atoms with E-state index in [9.17, 15) is 14.9 Å². The third-order valence-corrected chi connectivity index (χ3v) is 5.04. The highest BCUT2D eigenvalue weighted by atomic mass is 35.5. The van der Waals surface area contributed by atoms with E-state index < -0.39 is 4.92 Å². The van der Waals surface area contributed by atoms with Crippen molar-refractivity contribution in [3.8, 4) is 5.69 Å². The maximum absolute atomic E-state index is 13.3. The second-order valence-electron chi connectivity index (χ2n) is 6.83. The zero-order valence-electron chi connectivity index (χ0n) is 16.4. The summed E-state index contributed by atoms with van der Waals surface area (Å²) in [6, 6.07) is 5.84. The van der Waals surface area contributed by atoms with Crippen LogP contribution in [0.3, 0.4) is 0 Å². The summed E-state index contributed by atoms with van der Waals surface area (Å²) < 4.78 is 3.34. The number of piperazine rings is 1. The highest BCUT2D eigenvalue weighted by Crippen LogP contribution is 2.24. The molecule has 4 rings (SSSR count). The highest BCUT2D eigenvalue weighted by molar-refractivity contribution is 5.93. The number of amides is 1. The van der Waals surface area contributed by atoms with Gasteiger partial charge in [-0.2, -0.15) is 0 Å². The van der Waals surface area contributed by atoms with E-state index in [1.54, 1.807) is 30.2 Å². The second kappa shape index (κ2) is 8.59. The predicted octanol–water partition coefficient (Wildman–Crippen LogP) is 1.43. The molecule has 0 saturated carbocycles. The molecule has 1 saturated heterocycles. The van der Waals surface area contributed by atoms with Crippen LogP contribution in [0.25, 0.3) is 5.69 Å². The van der Waals surface area contributed by atoms with Crippen LogP contribution in [-0.4, -0.2) is 59.9 Å². The van der Waals surface area contributed by atoms with Crippen molar-refractivity contribution < 1.29 is 9.72 Å². The molecule has 0 bridgehead atoms. The van der Waals surface area contributed by atoms with Gasteiger partial charge in [-0.05, 0) is 13.0 Å². The minimum Gasteiger partial charge on any atom is -0.336 e. The number of nitro groups is 1. The zero-order valence-corrected chi connectivity index (χ0v) is 17.2. The molecule has 1 unspecified atom stereocenters. The summed E-state index contributed by atoms with van der Waals surface area (Å²) in [5, 5.41) is 22.5. The van der Waals surface area contributed by atoms with Crippen molar-refractivity contribution in [1.29, 1.82) is 0 Å². The summed E-state index contributed by atoms with van der Waals surface area (Å²) in [5.74, 6) is 0.544. The number of carbonyl (C=O) groups is 1. The topological polar surface area (TPSA) is 124 Å². The molecule has 1 aliphatic rings. The van der Waals surface area contributed by atoms with Crippen LogP contribution in [0.2, 0.25) is 0 Å². The third-order valence-electron chi connectivity index (χ3n) is 5.04. The Labute approximate surface area is 178 Å². The fraction of sp³-hybridized carbons (Fsp3) is 0.333. The van der Waals surface area contributed by atoms with Gasteiger partial charge in [0.25, 0.3) is 11.6 Å². The zero-order chi connectivity index (χ0) is 20.5. The monoisotopic (exact) mass is 432 g/mol. The quantitative estimate of drug-likeness (QED) is 0.488. The van der Waals surface area contributed by atoms with Gasteiger partial charge in [0, 0.05) is 51.2 Å². The third kappa shape index (κ3) is 3.76. The van der Waals surface area contributed by atoms with Crippen LogP contribution in [0.4, 0.5) is 5.69 Å². The average Bonchev–Trinajstić information content (AvgIpc) is 3.33. The van der Waals surface area contributed by atoms with Crippen LogP contribution in [0, 0.1) is 17.0 Å². The standard InChI is InChI=1S/C18H20N8O3.ClH/c1-12-16(21-22-25(12)13-4-3-5-14(10-13)26(28)29)18(27)24-9-6-19-11-15(24)17-20-7-8-23(17)2;/h3-5,7-8,10,15,19H,6,9,11H2,1-2H3;1H. The molecule has 0 radical (unpaired) electrons. The fourth-order valence-electron chi connectivity index (χ4n) is 3.52. The first kappa shape index (κ1) is 21.4. The summed E-state index contributed by atoms with van der Waals surface area (Å²) >= 11 is 0. The maximum atomic E-state index is 13.3. The number of halogens is 1. The van der Waals surface area contributed by atoms with Crippen LogP contribution in [0.15, 0.2) is 36.7 Å². The Morgan fingerprint density at radius 2 is 2.17 bits per heavy atom. The number of rotatable bonds is 4. The van der Waals surface area contributed by atoms with Crippen molar-refractivity contribution in [3.05, 3.63) is 64.0 Å². The van der Waals surface area contributed by atoms with Gasteiger partial charge >= 0.3 is 0 Å². The molecule has 0 aliphatic carbocycles. The highest BCUT2D eigenvalue weighted by Gasteiger charge is 2.33. The van der Waals surface area contributed by atoms with Gasteiger partial charge in [0.15, 0.2) is 5.69 Å². The number of benzene rings is 1. The largest absolute Gasteiger partial charge is 0.336 e. The molecule has 3 aromatic rings. The first-order valence-electron chi connectivity index (χ1n) is 9.13. The van der Waals surface area contributed by atoms with E-state index in [4.69, 9.17) is 0 Å². The lowest BCUT2D eigenvalue weighted by Gasteiger charge is -2.35. The Hall–Kier alpha value is -3.31. The lowest BCUT2D eigenvalue weighted by molar-refractivity contribution is -0.384. The van der Waals surface area contributed by atoms with Crippen molar-refractivity contribution in [2.24, 2.45) is 7.05 Å². The van der Waals surface area contributed by atoms with Crippen molar-refractivity contribution in [1.82, 2.24) is 34.8 Å². The number of aryl methyl sites for hydroxylation is 1.